The van der Waals surface area contributed by atoms with E-state index in [1.807, 2.05) is 61.7 Å². The number of aryl methyl sites for hydroxylation is 1. The van der Waals surface area contributed by atoms with Gasteiger partial charge in [-0.3, -0.25) is 4.79 Å². The van der Waals surface area contributed by atoms with Crippen LogP contribution in [0.25, 0.3) is 0 Å². The number of esters is 1. The Balaban J connectivity index is 1.67. The maximum atomic E-state index is 12.5. The summed E-state index contributed by atoms with van der Waals surface area (Å²) in [6.07, 6.45) is 0. The minimum Gasteiger partial charge on any atom is -0.452 e. The summed E-state index contributed by atoms with van der Waals surface area (Å²) in [5.41, 5.74) is 1.71. The molecule has 2 heterocycles. The Morgan fingerprint density at radius 2 is 1.93 bits per heavy atom. The highest BCUT2D eigenvalue weighted by Gasteiger charge is 2.25. The summed E-state index contributed by atoms with van der Waals surface area (Å²) in [5, 5.41) is 8.73. The predicted octanol–water partition coefficient (Wildman–Crippen LogP) is 4.23. The van der Waals surface area contributed by atoms with Crippen LogP contribution in [0.5, 0.6) is 0 Å². The van der Waals surface area contributed by atoms with Gasteiger partial charge in [-0.2, -0.15) is 0 Å². The van der Waals surface area contributed by atoms with Gasteiger partial charge >= 0.3 is 5.97 Å². The lowest BCUT2D eigenvalue weighted by Gasteiger charge is -2.18. The number of aromatic nitrogens is 1. The Kier molecular flexibility index (Phi) is 6.26. The number of carbonyl (C=O) groups is 2. The first-order valence-electron chi connectivity index (χ1n) is 8.98. The lowest BCUT2D eigenvalue weighted by atomic mass is 10.1. The van der Waals surface area contributed by atoms with Crippen molar-refractivity contribution >= 4 is 23.2 Å². The lowest BCUT2D eigenvalue weighted by molar-refractivity contribution is -0.124. The van der Waals surface area contributed by atoms with E-state index in [1.54, 1.807) is 18.3 Å². The quantitative estimate of drug-likeness (QED) is 0.602. The molecule has 0 radical (unpaired) electrons. The number of nitrogens with zero attached hydrogens (tertiary/aromatic N) is 1. The molecule has 0 saturated heterocycles. The minimum absolute atomic E-state index is 0.0149. The first-order chi connectivity index (χ1) is 13.5. The third kappa shape index (κ3) is 4.48. The molecule has 0 saturated carbocycles. The van der Waals surface area contributed by atoms with Crippen molar-refractivity contribution in [2.75, 3.05) is 6.61 Å². The molecule has 1 aromatic carbocycles. The van der Waals surface area contributed by atoms with Gasteiger partial charge in [0.05, 0.1) is 11.7 Å². The van der Waals surface area contributed by atoms with E-state index in [9.17, 15) is 9.59 Å². The van der Waals surface area contributed by atoms with Crippen molar-refractivity contribution in [2.45, 2.75) is 32.7 Å². The van der Waals surface area contributed by atoms with E-state index in [2.05, 4.69) is 10.5 Å². The second kappa shape index (κ2) is 8.84. The molecular formula is C21H22N2O4S. The van der Waals surface area contributed by atoms with Crippen molar-refractivity contribution in [1.29, 1.82) is 0 Å². The van der Waals surface area contributed by atoms with Crippen molar-refractivity contribution in [3.8, 4) is 0 Å². The zero-order valence-electron chi connectivity index (χ0n) is 16.0. The number of carbonyl (C=O) groups excluding carboxylic acids is 2. The first kappa shape index (κ1) is 19.8. The van der Waals surface area contributed by atoms with Gasteiger partial charge in [0.25, 0.3) is 5.91 Å². The first-order valence-corrected chi connectivity index (χ1v) is 9.86. The summed E-state index contributed by atoms with van der Waals surface area (Å²) in [4.78, 5) is 25.9. The van der Waals surface area contributed by atoms with E-state index in [-0.39, 0.29) is 24.5 Å². The molecule has 1 N–H and O–H groups in total. The van der Waals surface area contributed by atoms with Crippen LogP contribution < -0.4 is 5.32 Å². The normalized spacial score (nSPS) is 12.0. The van der Waals surface area contributed by atoms with Crippen molar-refractivity contribution in [3.05, 3.63) is 75.3 Å². The van der Waals surface area contributed by atoms with E-state index in [1.165, 1.54) is 0 Å². The molecule has 0 aliphatic rings. The summed E-state index contributed by atoms with van der Waals surface area (Å²) in [5.74, 6) is -0.539. The summed E-state index contributed by atoms with van der Waals surface area (Å²) in [6.45, 7) is 5.09. The maximum Gasteiger partial charge on any atom is 0.344 e. The Morgan fingerprint density at radius 1 is 1.18 bits per heavy atom. The SMILES string of the molecule is Cc1noc(C(C)C)c1C(=O)OCC(=O)N[C@H](c1ccccc1)c1cccs1. The van der Waals surface area contributed by atoms with Crippen LogP contribution in [0.15, 0.2) is 52.4 Å². The van der Waals surface area contributed by atoms with Crippen molar-refractivity contribution in [3.63, 3.8) is 0 Å². The van der Waals surface area contributed by atoms with Crippen LogP contribution in [0.3, 0.4) is 0 Å². The van der Waals surface area contributed by atoms with Gasteiger partial charge in [0.2, 0.25) is 0 Å². The second-order valence-corrected chi connectivity index (χ2v) is 7.64. The molecule has 3 aromatic rings. The molecule has 0 aliphatic carbocycles. The highest BCUT2D eigenvalue weighted by atomic mass is 32.1. The van der Waals surface area contributed by atoms with Gasteiger partial charge < -0.3 is 14.6 Å². The standard InChI is InChI=1S/C21H22N2O4S/c1-13(2)20-18(14(3)23-27-20)21(25)26-12-17(24)22-19(16-10-7-11-28-16)15-8-5-4-6-9-15/h4-11,13,19H,12H2,1-3H3,(H,22,24)/t19-/m1/s1. The van der Waals surface area contributed by atoms with E-state index >= 15 is 0 Å². The molecule has 7 heteroatoms. The highest BCUT2D eigenvalue weighted by molar-refractivity contribution is 7.10. The minimum atomic E-state index is -0.606. The van der Waals surface area contributed by atoms with Crippen LogP contribution in [-0.4, -0.2) is 23.6 Å². The van der Waals surface area contributed by atoms with Crippen molar-refractivity contribution in [2.24, 2.45) is 0 Å². The van der Waals surface area contributed by atoms with Crippen LogP contribution in [0.1, 0.15) is 58.1 Å². The molecule has 146 valence electrons. The number of hydrogen-bond donors (Lipinski definition) is 1. The van der Waals surface area contributed by atoms with Crippen LogP contribution in [0.4, 0.5) is 0 Å². The topological polar surface area (TPSA) is 81.4 Å². The monoisotopic (exact) mass is 398 g/mol. The van der Waals surface area contributed by atoms with E-state index < -0.39 is 5.97 Å². The Morgan fingerprint density at radius 3 is 2.57 bits per heavy atom. The number of hydrogen-bond acceptors (Lipinski definition) is 6. The fourth-order valence-electron chi connectivity index (χ4n) is 2.86. The third-order valence-electron chi connectivity index (χ3n) is 4.22. The molecule has 2 aromatic heterocycles. The fourth-order valence-corrected chi connectivity index (χ4v) is 3.66. The largest absolute Gasteiger partial charge is 0.452 e. The smallest absolute Gasteiger partial charge is 0.344 e. The van der Waals surface area contributed by atoms with Gasteiger partial charge in [-0.25, -0.2) is 4.79 Å². The molecule has 0 fully saturated rings. The molecule has 28 heavy (non-hydrogen) atoms. The van der Waals surface area contributed by atoms with E-state index in [0.717, 1.165) is 10.4 Å². The molecule has 0 bridgehead atoms. The van der Waals surface area contributed by atoms with Crippen molar-refractivity contribution in [1.82, 2.24) is 10.5 Å². The molecule has 0 spiro atoms. The Bertz CT molecular complexity index is 933. The van der Waals surface area contributed by atoms with E-state index in [0.29, 0.717) is 17.0 Å². The van der Waals surface area contributed by atoms with Gasteiger partial charge in [-0.1, -0.05) is 55.4 Å². The summed E-state index contributed by atoms with van der Waals surface area (Å²) in [7, 11) is 0. The van der Waals surface area contributed by atoms with Crippen molar-refractivity contribution < 1.29 is 18.8 Å². The Hall–Kier alpha value is -2.93. The Labute approximate surface area is 167 Å². The number of ether oxygens (including phenoxy) is 1. The average molecular weight is 398 g/mol. The van der Waals surface area contributed by atoms with E-state index in [4.69, 9.17) is 9.26 Å². The number of benzene rings is 1. The summed E-state index contributed by atoms with van der Waals surface area (Å²) >= 11 is 1.55. The molecule has 3 rings (SSSR count). The molecule has 0 aliphatic heterocycles. The highest BCUT2D eigenvalue weighted by Crippen LogP contribution is 2.26. The van der Waals surface area contributed by atoms with Gasteiger partial charge in [0, 0.05) is 10.8 Å². The van der Waals surface area contributed by atoms with Gasteiger partial charge in [0.1, 0.15) is 5.56 Å². The average Bonchev–Trinajstić information content (AvgIpc) is 3.34. The predicted molar refractivity (Wildman–Crippen MR) is 106 cm³/mol. The van der Waals surface area contributed by atoms with Gasteiger partial charge in [0.15, 0.2) is 12.4 Å². The summed E-state index contributed by atoms with van der Waals surface area (Å²) in [6, 6.07) is 13.3. The van der Waals surface area contributed by atoms with Crippen LogP contribution in [0.2, 0.25) is 0 Å². The number of rotatable bonds is 7. The molecular weight excluding hydrogens is 376 g/mol. The zero-order valence-corrected chi connectivity index (χ0v) is 16.8. The fraction of sp³-hybridized carbons (Fsp3) is 0.286. The zero-order chi connectivity index (χ0) is 20.1. The second-order valence-electron chi connectivity index (χ2n) is 6.66. The molecule has 1 amide bonds. The number of thiophene rings is 1. The maximum absolute atomic E-state index is 12.5. The van der Waals surface area contributed by atoms with Crippen LogP contribution >= 0.6 is 11.3 Å². The number of nitrogens with one attached hydrogen (secondary N) is 1. The van der Waals surface area contributed by atoms with Crippen LogP contribution in [-0.2, 0) is 9.53 Å². The molecule has 0 unspecified atom stereocenters. The van der Waals surface area contributed by atoms with Gasteiger partial charge in [-0.15, -0.1) is 11.3 Å². The molecule has 6 nitrogen and oxygen atoms in total. The third-order valence-corrected chi connectivity index (χ3v) is 5.16. The lowest BCUT2D eigenvalue weighted by Crippen LogP contribution is -2.32. The molecule has 1 atom stereocenters. The van der Waals surface area contributed by atoms with Gasteiger partial charge in [-0.05, 0) is 23.9 Å². The van der Waals surface area contributed by atoms with Crippen LogP contribution in [0, 0.1) is 6.92 Å². The summed E-state index contributed by atoms with van der Waals surface area (Å²) < 4.78 is 10.4. The number of amides is 1.